The molecule has 10 heteroatoms. The van der Waals surface area contributed by atoms with Gasteiger partial charge >= 0.3 is 6.18 Å². The first-order chi connectivity index (χ1) is 11.4. The molecule has 0 heterocycles. The number of rotatable bonds is 8. The molecule has 1 rings (SSSR count). The van der Waals surface area contributed by atoms with Crippen LogP contribution in [0.4, 0.5) is 17.6 Å². The Kier molecular flexibility index (Phi) is 11.7. The normalized spacial score (nSPS) is 11.8. The van der Waals surface area contributed by atoms with Crippen LogP contribution in [0.25, 0.3) is 0 Å². The van der Waals surface area contributed by atoms with Crippen molar-refractivity contribution in [2.24, 2.45) is 4.99 Å². The molecule has 0 unspecified atom stereocenters. The van der Waals surface area contributed by atoms with Crippen molar-refractivity contribution < 1.29 is 27.0 Å². The van der Waals surface area contributed by atoms with Crippen molar-refractivity contribution in [2.45, 2.75) is 12.7 Å². The van der Waals surface area contributed by atoms with Gasteiger partial charge in [0, 0.05) is 27.2 Å². The monoisotopic (exact) mass is 479 g/mol. The minimum Gasteiger partial charge on any atom is -0.382 e. The molecule has 1 aromatic carbocycles. The van der Waals surface area contributed by atoms with Gasteiger partial charge in [0.15, 0.2) is 5.96 Å². The van der Waals surface area contributed by atoms with Crippen LogP contribution in [-0.4, -0.2) is 46.5 Å². The lowest BCUT2D eigenvalue weighted by Crippen LogP contribution is -2.39. The Morgan fingerprint density at radius 2 is 1.88 bits per heavy atom. The standard InChI is InChI=1S/C15H21F4N3O2.HI/c1-20-14(21-5-6-24-8-7-23-2)22-10-11-3-4-12(16)9-13(11)15(17,18)19;/h3-4,9H,5-8,10H2,1-2H3,(H2,20,21,22);1H. The van der Waals surface area contributed by atoms with Crippen molar-refractivity contribution in [3.63, 3.8) is 0 Å². The maximum absolute atomic E-state index is 13.1. The predicted octanol–water partition coefficient (Wildman–Crippen LogP) is 2.79. The second kappa shape index (κ2) is 12.3. The maximum atomic E-state index is 13.1. The fourth-order valence-corrected chi connectivity index (χ4v) is 1.85. The molecule has 0 saturated heterocycles. The number of halogens is 5. The summed E-state index contributed by atoms with van der Waals surface area (Å²) in [5.74, 6) is -0.607. The van der Waals surface area contributed by atoms with E-state index in [1.807, 2.05) is 0 Å². The molecule has 0 spiro atoms. The summed E-state index contributed by atoms with van der Waals surface area (Å²) in [4.78, 5) is 3.91. The predicted molar refractivity (Wildman–Crippen MR) is 97.7 cm³/mol. The summed E-state index contributed by atoms with van der Waals surface area (Å²) in [5.41, 5.74) is -1.07. The van der Waals surface area contributed by atoms with Crippen LogP contribution in [0.1, 0.15) is 11.1 Å². The fraction of sp³-hybridized carbons (Fsp3) is 0.533. The summed E-state index contributed by atoms with van der Waals surface area (Å²) in [6.07, 6.45) is -4.62. The number of ether oxygens (including phenoxy) is 2. The molecule has 0 radical (unpaired) electrons. The first-order valence-electron chi connectivity index (χ1n) is 7.25. The number of aliphatic imine (C=N–C) groups is 1. The summed E-state index contributed by atoms with van der Waals surface area (Å²) in [7, 11) is 3.06. The Balaban J connectivity index is 0.00000576. The lowest BCUT2D eigenvalue weighted by atomic mass is 10.1. The average Bonchev–Trinajstić information content (AvgIpc) is 2.53. The van der Waals surface area contributed by atoms with Gasteiger partial charge in [0.05, 0.1) is 25.4 Å². The highest BCUT2D eigenvalue weighted by molar-refractivity contribution is 14.0. The number of benzene rings is 1. The van der Waals surface area contributed by atoms with Crippen LogP contribution in [0.2, 0.25) is 0 Å². The molecule has 0 aliphatic heterocycles. The van der Waals surface area contributed by atoms with E-state index >= 15 is 0 Å². The molecule has 25 heavy (non-hydrogen) atoms. The smallest absolute Gasteiger partial charge is 0.382 e. The number of hydrogen-bond acceptors (Lipinski definition) is 3. The van der Waals surface area contributed by atoms with Gasteiger partial charge in [-0.25, -0.2) is 4.39 Å². The van der Waals surface area contributed by atoms with Gasteiger partial charge in [-0.3, -0.25) is 4.99 Å². The van der Waals surface area contributed by atoms with E-state index in [-0.39, 0.29) is 36.1 Å². The average molecular weight is 479 g/mol. The molecule has 2 N–H and O–H groups in total. The zero-order valence-electron chi connectivity index (χ0n) is 14.0. The SMILES string of the molecule is CN=C(NCCOCCOC)NCc1ccc(F)cc1C(F)(F)F.I. The third kappa shape index (κ3) is 9.21. The maximum Gasteiger partial charge on any atom is 0.416 e. The van der Waals surface area contributed by atoms with E-state index in [2.05, 4.69) is 15.6 Å². The van der Waals surface area contributed by atoms with Crippen molar-refractivity contribution >= 4 is 29.9 Å². The van der Waals surface area contributed by atoms with Gasteiger partial charge in [-0.1, -0.05) is 6.07 Å². The van der Waals surface area contributed by atoms with Crippen molar-refractivity contribution in [3.8, 4) is 0 Å². The first kappa shape index (κ1) is 23.9. The third-order valence-electron chi connectivity index (χ3n) is 3.02. The van der Waals surface area contributed by atoms with Crippen LogP contribution in [0.15, 0.2) is 23.2 Å². The van der Waals surface area contributed by atoms with Crippen molar-refractivity contribution in [1.29, 1.82) is 0 Å². The molecule has 0 bridgehead atoms. The Morgan fingerprint density at radius 3 is 2.48 bits per heavy atom. The highest BCUT2D eigenvalue weighted by atomic mass is 127. The van der Waals surface area contributed by atoms with Crippen LogP contribution in [-0.2, 0) is 22.2 Å². The Hall–Kier alpha value is -1.14. The molecule has 144 valence electrons. The van der Waals surface area contributed by atoms with Crippen LogP contribution in [0.5, 0.6) is 0 Å². The topological polar surface area (TPSA) is 54.9 Å². The summed E-state index contributed by atoms with van der Waals surface area (Å²) in [6, 6.07) is 2.58. The lowest BCUT2D eigenvalue weighted by Gasteiger charge is -2.16. The van der Waals surface area contributed by atoms with Gasteiger partial charge in [0.1, 0.15) is 5.82 Å². The van der Waals surface area contributed by atoms with E-state index in [0.29, 0.717) is 38.4 Å². The Morgan fingerprint density at radius 1 is 1.16 bits per heavy atom. The third-order valence-corrected chi connectivity index (χ3v) is 3.02. The lowest BCUT2D eigenvalue weighted by molar-refractivity contribution is -0.138. The fourth-order valence-electron chi connectivity index (χ4n) is 1.85. The first-order valence-corrected chi connectivity index (χ1v) is 7.25. The minimum absolute atomic E-state index is 0. The summed E-state index contributed by atoms with van der Waals surface area (Å²) >= 11 is 0. The largest absolute Gasteiger partial charge is 0.416 e. The number of nitrogens with one attached hydrogen (secondary N) is 2. The minimum atomic E-state index is -4.62. The molecule has 0 amide bonds. The quantitative estimate of drug-likeness (QED) is 0.198. The van der Waals surface area contributed by atoms with Gasteiger partial charge < -0.3 is 20.1 Å². The van der Waals surface area contributed by atoms with E-state index < -0.39 is 17.6 Å². The Bertz CT molecular complexity index is 542. The molecular weight excluding hydrogens is 457 g/mol. The number of guanidine groups is 1. The molecule has 0 aliphatic carbocycles. The molecule has 0 aliphatic rings. The number of alkyl halides is 3. The number of hydrogen-bond donors (Lipinski definition) is 2. The molecule has 0 saturated carbocycles. The van der Waals surface area contributed by atoms with Crippen LogP contribution >= 0.6 is 24.0 Å². The zero-order chi connectivity index (χ0) is 18.0. The number of methoxy groups -OCH3 is 1. The van der Waals surface area contributed by atoms with E-state index in [0.717, 1.165) is 12.1 Å². The highest BCUT2D eigenvalue weighted by Gasteiger charge is 2.33. The van der Waals surface area contributed by atoms with E-state index in [1.54, 1.807) is 7.11 Å². The zero-order valence-corrected chi connectivity index (χ0v) is 16.3. The molecule has 0 atom stereocenters. The van der Waals surface area contributed by atoms with Crippen molar-refractivity contribution in [1.82, 2.24) is 10.6 Å². The summed E-state index contributed by atoms with van der Waals surface area (Å²) < 4.78 is 61.9. The number of nitrogens with zero attached hydrogens (tertiary/aromatic N) is 1. The van der Waals surface area contributed by atoms with E-state index in [4.69, 9.17) is 9.47 Å². The molecule has 1 aromatic rings. The van der Waals surface area contributed by atoms with Crippen molar-refractivity contribution in [2.75, 3.05) is 40.5 Å². The van der Waals surface area contributed by atoms with Crippen LogP contribution < -0.4 is 10.6 Å². The summed E-state index contributed by atoms with van der Waals surface area (Å²) in [5, 5.41) is 5.66. The summed E-state index contributed by atoms with van der Waals surface area (Å²) in [6.45, 7) is 1.62. The molecule has 5 nitrogen and oxygen atoms in total. The van der Waals surface area contributed by atoms with Crippen LogP contribution in [0, 0.1) is 5.82 Å². The van der Waals surface area contributed by atoms with E-state index in [9.17, 15) is 17.6 Å². The second-order valence-corrected chi connectivity index (χ2v) is 4.76. The molecule has 0 aromatic heterocycles. The second-order valence-electron chi connectivity index (χ2n) is 4.76. The highest BCUT2D eigenvalue weighted by Crippen LogP contribution is 2.32. The Labute approximate surface area is 161 Å². The molecular formula is C15H22F4IN3O2. The van der Waals surface area contributed by atoms with Gasteiger partial charge in [0.25, 0.3) is 0 Å². The van der Waals surface area contributed by atoms with Gasteiger partial charge in [0.2, 0.25) is 0 Å². The van der Waals surface area contributed by atoms with Crippen LogP contribution in [0.3, 0.4) is 0 Å². The van der Waals surface area contributed by atoms with E-state index in [1.165, 1.54) is 7.05 Å². The van der Waals surface area contributed by atoms with Gasteiger partial charge in [-0.05, 0) is 17.7 Å². The molecule has 0 fully saturated rings. The van der Waals surface area contributed by atoms with Gasteiger partial charge in [-0.2, -0.15) is 13.2 Å². The van der Waals surface area contributed by atoms with Gasteiger partial charge in [-0.15, -0.1) is 24.0 Å². The van der Waals surface area contributed by atoms with Crippen molar-refractivity contribution in [3.05, 3.63) is 35.1 Å².